The molecule has 0 aliphatic rings. The highest BCUT2D eigenvalue weighted by atomic mass is 19.1. The molecule has 0 heterocycles. The first-order valence-electron chi connectivity index (χ1n) is 7.97. The van der Waals surface area contributed by atoms with Crippen LogP contribution in [0.15, 0.2) is 48.5 Å². The zero-order valence-corrected chi connectivity index (χ0v) is 14.1. The first-order chi connectivity index (χ1) is 11.6. The Morgan fingerprint density at radius 3 is 2.54 bits per heavy atom. The molecule has 0 unspecified atom stereocenters. The molecule has 0 atom stereocenters. The molecule has 128 valence electrons. The molecular formula is C19H23FN2O2. The standard InChI is InChI=1S/C19H23FN2O2/c1-3-22(13-16-5-4-6-17(20)11-16)14-19(23)21-12-15-7-9-18(24-2)10-8-15/h4-11H,3,12-14H2,1-2H3,(H,21,23). The minimum atomic E-state index is -0.257. The van der Waals surface area contributed by atoms with Crippen LogP contribution in [0.5, 0.6) is 5.75 Å². The summed E-state index contributed by atoms with van der Waals surface area (Å²) in [7, 11) is 1.62. The number of likely N-dealkylation sites (N-methyl/N-ethyl adjacent to an activating group) is 1. The first kappa shape index (κ1) is 17.9. The van der Waals surface area contributed by atoms with Gasteiger partial charge in [0.15, 0.2) is 0 Å². The molecule has 0 aliphatic heterocycles. The molecular weight excluding hydrogens is 307 g/mol. The maximum Gasteiger partial charge on any atom is 0.234 e. The van der Waals surface area contributed by atoms with E-state index in [0.29, 0.717) is 19.6 Å². The summed E-state index contributed by atoms with van der Waals surface area (Å²) in [6, 6.07) is 14.0. The SMILES string of the molecule is CCN(CC(=O)NCc1ccc(OC)cc1)Cc1cccc(F)c1. The molecule has 2 rings (SSSR count). The summed E-state index contributed by atoms with van der Waals surface area (Å²) in [5, 5.41) is 2.90. The van der Waals surface area contributed by atoms with Gasteiger partial charge in [-0.1, -0.05) is 31.2 Å². The van der Waals surface area contributed by atoms with Crippen LogP contribution >= 0.6 is 0 Å². The lowest BCUT2D eigenvalue weighted by Gasteiger charge is -2.20. The number of carbonyl (C=O) groups excluding carboxylic acids is 1. The number of methoxy groups -OCH3 is 1. The number of nitrogens with one attached hydrogen (secondary N) is 1. The molecule has 0 saturated heterocycles. The topological polar surface area (TPSA) is 41.6 Å². The summed E-state index contributed by atoms with van der Waals surface area (Å²) < 4.78 is 18.3. The lowest BCUT2D eigenvalue weighted by Crippen LogP contribution is -2.36. The van der Waals surface area contributed by atoms with Crippen LogP contribution < -0.4 is 10.1 Å². The normalized spacial score (nSPS) is 10.7. The van der Waals surface area contributed by atoms with Crippen molar-refractivity contribution in [2.45, 2.75) is 20.0 Å². The van der Waals surface area contributed by atoms with Gasteiger partial charge >= 0.3 is 0 Å². The Labute approximate surface area is 142 Å². The van der Waals surface area contributed by atoms with Crippen LogP contribution in [0.4, 0.5) is 4.39 Å². The van der Waals surface area contributed by atoms with Gasteiger partial charge in [0, 0.05) is 13.1 Å². The molecule has 0 aromatic heterocycles. The Morgan fingerprint density at radius 2 is 1.92 bits per heavy atom. The molecule has 2 aromatic rings. The highest BCUT2D eigenvalue weighted by Gasteiger charge is 2.10. The van der Waals surface area contributed by atoms with E-state index < -0.39 is 0 Å². The van der Waals surface area contributed by atoms with Crippen LogP contribution in [0.2, 0.25) is 0 Å². The maximum atomic E-state index is 13.2. The second-order valence-electron chi connectivity index (χ2n) is 5.56. The monoisotopic (exact) mass is 330 g/mol. The Balaban J connectivity index is 1.82. The molecule has 0 saturated carbocycles. The van der Waals surface area contributed by atoms with Crippen LogP contribution in [0.3, 0.4) is 0 Å². The van der Waals surface area contributed by atoms with E-state index >= 15 is 0 Å². The molecule has 4 nitrogen and oxygen atoms in total. The fourth-order valence-corrected chi connectivity index (χ4v) is 2.38. The summed E-state index contributed by atoms with van der Waals surface area (Å²) in [5.41, 5.74) is 1.87. The number of ether oxygens (including phenoxy) is 1. The number of carbonyl (C=O) groups is 1. The predicted molar refractivity (Wildman–Crippen MR) is 92.2 cm³/mol. The van der Waals surface area contributed by atoms with E-state index in [1.165, 1.54) is 12.1 Å². The smallest absolute Gasteiger partial charge is 0.234 e. The molecule has 0 spiro atoms. The van der Waals surface area contributed by atoms with E-state index in [1.807, 2.05) is 42.2 Å². The third kappa shape index (κ3) is 5.66. The Bertz CT molecular complexity index is 659. The summed E-state index contributed by atoms with van der Waals surface area (Å²) in [6.45, 7) is 4.00. The fraction of sp³-hybridized carbons (Fsp3) is 0.316. The second kappa shape index (κ2) is 9.03. The Morgan fingerprint density at radius 1 is 1.17 bits per heavy atom. The van der Waals surface area contributed by atoms with Crippen molar-refractivity contribution in [3.8, 4) is 5.75 Å². The average Bonchev–Trinajstić information content (AvgIpc) is 2.60. The van der Waals surface area contributed by atoms with Crippen molar-refractivity contribution in [3.63, 3.8) is 0 Å². The van der Waals surface area contributed by atoms with Crippen molar-refractivity contribution in [2.75, 3.05) is 20.2 Å². The molecule has 5 heteroatoms. The van der Waals surface area contributed by atoms with Crippen molar-refractivity contribution >= 4 is 5.91 Å². The first-order valence-corrected chi connectivity index (χ1v) is 7.97. The van der Waals surface area contributed by atoms with Gasteiger partial charge in [-0.05, 0) is 41.9 Å². The summed E-state index contributed by atoms with van der Waals surface area (Å²) in [4.78, 5) is 14.1. The number of halogens is 1. The van der Waals surface area contributed by atoms with Gasteiger partial charge in [0.1, 0.15) is 11.6 Å². The quantitative estimate of drug-likeness (QED) is 0.809. The van der Waals surface area contributed by atoms with E-state index in [2.05, 4.69) is 5.32 Å². The molecule has 1 amide bonds. The Kier molecular flexibility index (Phi) is 6.75. The van der Waals surface area contributed by atoms with Gasteiger partial charge in [0.05, 0.1) is 13.7 Å². The van der Waals surface area contributed by atoms with E-state index in [0.717, 1.165) is 16.9 Å². The number of amides is 1. The molecule has 0 radical (unpaired) electrons. The van der Waals surface area contributed by atoms with Gasteiger partial charge in [-0.15, -0.1) is 0 Å². The lowest BCUT2D eigenvalue weighted by atomic mass is 10.2. The van der Waals surface area contributed by atoms with Crippen molar-refractivity contribution in [1.82, 2.24) is 10.2 Å². The predicted octanol–water partition coefficient (Wildman–Crippen LogP) is 2.97. The van der Waals surface area contributed by atoms with Gasteiger partial charge in [0.25, 0.3) is 0 Å². The summed E-state index contributed by atoms with van der Waals surface area (Å²) in [6.07, 6.45) is 0. The Hall–Kier alpha value is -2.40. The number of nitrogens with zero attached hydrogens (tertiary/aromatic N) is 1. The van der Waals surface area contributed by atoms with Gasteiger partial charge in [-0.25, -0.2) is 4.39 Å². The third-order valence-corrected chi connectivity index (χ3v) is 3.76. The molecule has 2 aromatic carbocycles. The van der Waals surface area contributed by atoms with Gasteiger partial charge in [0.2, 0.25) is 5.91 Å². The minimum Gasteiger partial charge on any atom is -0.497 e. The van der Waals surface area contributed by atoms with Crippen molar-refractivity contribution < 1.29 is 13.9 Å². The molecule has 0 aliphatic carbocycles. The number of hydrogen-bond donors (Lipinski definition) is 1. The van der Waals surface area contributed by atoms with E-state index in [-0.39, 0.29) is 18.3 Å². The number of rotatable bonds is 8. The fourth-order valence-electron chi connectivity index (χ4n) is 2.38. The van der Waals surface area contributed by atoms with Crippen LogP contribution in [0.1, 0.15) is 18.1 Å². The highest BCUT2D eigenvalue weighted by molar-refractivity contribution is 5.78. The molecule has 1 N–H and O–H groups in total. The van der Waals surface area contributed by atoms with E-state index in [9.17, 15) is 9.18 Å². The van der Waals surface area contributed by atoms with Crippen LogP contribution in [-0.4, -0.2) is 31.0 Å². The minimum absolute atomic E-state index is 0.0518. The zero-order chi connectivity index (χ0) is 17.4. The number of hydrogen-bond acceptors (Lipinski definition) is 3. The van der Waals surface area contributed by atoms with Crippen LogP contribution in [0.25, 0.3) is 0 Å². The lowest BCUT2D eigenvalue weighted by molar-refractivity contribution is -0.122. The zero-order valence-electron chi connectivity index (χ0n) is 14.1. The largest absolute Gasteiger partial charge is 0.497 e. The van der Waals surface area contributed by atoms with Gasteiger partial charge < -0.3 is 10.1 Å². The van der Waals surface area contributed by atoms with Crippen molar-refractivity contribution in [2.24, 2.45) is 0 Å². The molecule has 24 heavy (non-hydrogen) atoms. The molecule has 0 bridgehead atoms. The average molecular weight is 330 g/mol. The highest BCUT2D eigenvalue weighted by Crippen LogP contribution is 2.11. The second-order valence-corrected chi connectivity index (χ2v) is 5.56. The summed E-state index contributed by atoms with van der Waals surface area (Å²) >= 11 is 0. The van der Waals surface area contributed by atoms with Gasteiger partial charge in [-0.3, -0.25) is 9.69 Å². The van der Waals surface area contributed by atoms with E-state index in [4.69, 9.17) is 4.74 Å². The van der Waals surface area contributed by atoms with Gasteiger partial charge in [-0.2, -0.15) is 0 Å². The molecule has 0 fully saturated rings. The summed E-state index contributed by atoms with van der Waals surface area (Å²) in [5.74, 6) is 0.480. The maximum absolute atomic E-state index is 13.2. The third-order valence-electron chi connectivity index (χ3n) is 3.76. The van der Waals surface area contributed by atoms with Crippen LogP contribution in [0, 0.1) is 5.82 Å². The van der Waals surface area contributed by atoms with Crippen LogP contribution in [-0.2, 0) is 17.9 Å². The number of benzene rings is 2. The van der Waals surface area contributed by atoms with E-state index in [1.54, 1.807) is 13.2 Å². The van der Waals surface area contributed by atoms with Crippen molar-refractivity contribution in [1.29, 1.82) is 0 Å². The van der Waals surface area contributed by atoms with Crippen molar-refractivity contribution in [3.05, 3.63) is 65.5 Å².